The molecule has 1 aromatic carbocycles. The lowest BCUT2D eigenvalue weighted by molar-refractivity contribution is -0.142. The molecule has 0 radical (unpaired) electrons. The van der Waals surface area contributed by atoms with Gasteiger partial charge in [0.05, 0.1) is 6.54 Å². The second kappa shape index (κ2) is 8.23. The van der Waals surface area contributed by atoms with Crippen LogP contribution in [0.3, 0.4) is 0 Å². The average molecular weight is 400 g/mol. The molecule has 5 amide bonds. The third kappa shape index (κ3) is 3.71. The van der Waals surface area contributed by atoms with Gasteiger partial charge in [-0.2, -0.15) is 0 Å². The van der Waals surface area contributed by atoms with Crippen LogP contribution in [-0.2, 0) is 26.3 Å². The van der Waals surface area contributed by atoms with Crippen molar-refractivity contribution in [2.45, 2.75) is 38.6 Å². The third-order valence-electron chi connectivity index (χ3n) is 5.86. The predicted molar refractivity (Wildman–Crippen MR) is 107 cm³/mol. The first-order chi connectivity index (χ1) is 13.8. The topological polar surface area (TPSA) is 90.0 Å². The lowest BCUT2D eigenvalue weighted by atomic mass is 9.76. The quantitative estimate of drug-likeness (QED) is 0.724. The van der Waals surface area contributed by atoms with Gasteiger partial charge in [-0.15, -0.1) is 0 Å². The van der Waals surface area contributed by atoms with E-state index < -0.39 is 23.4 Å². The molecule has 1 aromatic rings. The summed E-state index contributed by atoms with van der Waals surface area (Å²) >= 11 is 0. The van der Waals surface area contributed by atoms with E-state index in [2.05, 4.69) is 5.32 Å². The number of amides is 5. The molecule has 1 atom stereocenters. The summed E-state index contributed by atoms with van der Waals surface area (Å²) in [5, 5.41) is 2.84. The van der Waals surface area contributed by atoms with Crippen LogP contribution in [0, 0.1) is 0 Å². The molecule has 1 N–H and O–H groups in total. The van der Waals surface area contributed by atoms with Crippen LogP contribution in [0.1, 0.15) is 37.8 Å². The molecule has 0 aromatic heterocycles. The maximum atomic E-state index is 13.2. The lowest BCUT2D eigenvalue weighted by Crippen LogP contribution is -2.48. The van der Waals surface area contributed by atoms with Crippen molar-refractivity contribution in [1.29, 1.82) is 0 Å². The van der Waals surface area contributed by atoms with Crippen LogP contribution in [0.2, 0.25) is 0 Å². The monoisotopic (exact) mass is 400 g/mol. The molecule has 1 aliphatic carbocycles. The summed E-state index contributed by atoms with van der Waals surface area (Å²) in [5.74, 6) is -1.01. The minimum Gasteiger partial charge on any atom is -0.342 e. The van der Waals surface area contributed by atoms with Crippen LogP contribution < -0.4 is 5.32 Å². The van der Waals surface area contributed by atoms with Gasteiger partial charge in [-0.3, -0.25) is 19.3 Å². The first kappa shape index (κ1) is 20.8. The van der Waals surface area contributed by atoms with Crippen LogP contribution >= 0.6 is 0 Å². The van der Waals surface area contributed by atoms with Gasteiger partial charge in [-0.1, -0.05) is 24.3 Å². The minimum absolute atomic E-state index is 0.0852. The summed E-state index contributed by atoms with van der Waals surface area (Å²) in [6.07, 6.45) is 2.15. The van der Waals surface area contributed by atoms with E-state index in [1.807, 2.05) is 38.1 Å². The second-order valence-corrected chi connectivity index (χ2v) is 7.55. The number of nitrogens with zero attached hydrogens (tertiary/aromatic N) is 3. The van der Waals surface area contributed by atoms with Gasteiger partial charge in [-0.25, -0.2) is 4.79 Å². The van der Waals surface area contributed by atoms with Crippen LogP contribution in [-0.4, -0.2) is 71.7 Å². The van der Waals surface area contributed by atoms with Crippen molar-refractivity contribution in [2.75, 3.05) is 33.2 Å². The highest BCUT2D eigenvalue weighted by molar-refractivity contribution is 6.09. The highest BCUT2D eigenvalue weighted by Crippen LogP contribution is 2.39. The Kier molecular flexibility index (Phi) is 5.91. The molecule has 1 saturated heterocycles. The number of benzene rings is 1. The fourth-order valence-corrected chi connectivity index (χ4v) is 4.18. The van der Waals surface area contributed by atoms with Crippen molar-refractivity contribution in [1.82, 2.24) is 20.0 Å². The first-order valence-corrected chi connectivity index (χ1v) is 10.1. The van der Waals surface area contributed by atoms with Gasteiger partial charge in [0.15, 0.2) is 0 Å². The third-order valence-corrected chi connectivity index (χ3v) is 5.86. The molecular formula is C21H28N4O4. The number of likely N-dealkylation sites (N-methyl/N-ethyl adjacent to an activating group) is 2. The Morgan fingerprint density at radius 2 is 1.83 bits per heavy atom. The molecule has 2 aliphatic rings. The highest BCUT2D eigenvalue weighted by atomic mass is 16.2. The Labute approximate surface area is 170 Å². The normalized spacial score (nSPS) is 20.4. The number of rotatable bonds is 6. The molecule has 1 fully saturated rings. The van der Waals surface area contributed by atoms with E-state index in [4.69, 9.17) is 0 Å². The zero-order valence-corrected chi connectivity index (χ0v) is 17.2. The Hall–Kier alpha value is -2.90. The molecule has 1 spiro atoms. The molecule has 8 heteroatoms. The standard InChI is InChI=1S/C21H28N4O4/c1-4-24(5-2)18(27)13-23(3)17(26)14-25-19(28)21(22-20(25)29)12-8-10-15-9-6-7-11-16(15)21/h6-7,9,11H,4-5,8,10,12-14H2,1-3H3,(H,22,29)/t21-/m0/s1. The maximum Gasteiger partial charge on any atom is 0.325 e. The Balaban J connectivity index is 1.73. The molecule has 156 valence electrons. The minimum atomic E-state index is -1.10. The predicted octanol–water partition coefficient (Wildman–Crippen LogP) is 1.10. The van der Waals surface area contributed by atoms with Crippen LogP contribution in [0.15, 0.2) is 24.3 Å². The average Bonchev–Trinajstić information content (AvgIpc) is 2.94. The zero-order chi connectivity index (χ0) is 21.2. The molecular weight excluding hydrogens is 372 g/mol. The van der Waals surface area contributed by atoms with E-state index in [-0.39, 0.29) is 19.0 Å². The van der Waals surface area contributed by atoms with E-state index in [0.717, 1.165) is 28.9 Å². The van der Waals surface area contributed by atoms with Crippen molar-refractivity contribution < 1.29 is 19.2 Å². The van der Waals surface area contributed by atoms with Crippen LogP contribution in [0.5, 0.6) is 0 Å². The maximum absolute atomic E-state index is 13.2. The molecule has 1 heterocycles. The number of hydrogen-bond donors (Lipinski definition) is 1. The number of urea groups is 1. The van der Waals surface area contributed by atoms with Crippen molar-refractivity contribution >= 4 is 23.8 Å². The Bertz CT molecular complexity index is 836. The van der Waals surface area contributed by atoms with E-state index >= 15 is 0 Å². The van der Waals surface area contributed by atoms with Gasteiger partial charge in [-0.05, 0) is 44.2 Å². The first-order valence-electron chi connectivity index (χ1n) is 10.1. The number of imide groups is 1. The molecule has 0 saturated carbocycles. The van der Waals surface area contributed by atoms with Crippen molar-refractivity contribution in [3.8, 4) is 0 Å². The zero-order valence-electron chi connectivity index (χ0n) is 17.2. The summed E-state index contributed by atoms with van der Waals surface area (Å²) < 4.78 is 0. The van der Waals surface area contributed by atoms with Crippen molar-refractivity contribution in [3.63, 3.8) is 0 Å². The number of hydrogen-bond acceptors (Lipinski definition) is 4. The number of nitrogens with one attached hydrogen (secondary N) is 1. The fourth-order valence-electron chi connectivity index (χ4n) is 4.18. The summed E-state index contributed by atoms with van der Waals surface area (Å²) in [7, 11) is 1.51. The Morgan fingerprint density at radius 1 is 1.14 bits per heavy atom. The molecule has 29 heavy (non-hydrogen) atoms. The molecule has 0 unspecified atom stereocenters. The van der Waals surface area contributed by atoms with Gasteiger partial charge < -0.3 is 15.1 Å². The number of aryl methyl sites for hydroxylation is 1. The van der Waals surface area contributed by atoms with Gasteiger partial charge in [0.1, 0.15) is 12.1 Å². The number of carbonyl (C=O) groups is 4. The summed E-state index contributed by atoms with van der Waals surface area (Å²) in [4.78, 5) is 54.6. The molecule has 0 bridgehead atoms. The second-order valence-electron chi connectivity index (χ2n) is 7.55. The summed E-state index contributed by atoms with van der Waals surface area (Å²) in [6.45, 7) is 4.41. The summed E-state index contributed by atoms with van der Waals surface area (Å²) in [6, 6.07) is 7.04. The van der Waals surface area contributed by atoms with E-state index in [1.54, 1.807) is 4.90 Å². The summed E-state index contributed by atoms with van der Waals surface area (Å²) in [5.41, 5.74) is 0.758. The largest absolute Gasteiger partial charge is 0.342 e. The smallest absolute Gasteiger partial charge is 0.325 e. The van der Waals surface area contributed by atoms with Gasteiger partial charge in [0.25, 0.3) is 5.91 Å². The van der Waals surface area contributed by atoms with Crippen molar-refractivity contribution in [3.05, 3.63) is 35.4 Å². The van der Waals surface area contributed by atoms with Crippen LogP contribution in [0.25, 0.3) is 0 Å². The Morgan fingerprint density at radius 3 is 2.52 bits per heavy atom. The number of fused-ring (bicyclic) bond motifs is 2. The fraction of sp³-hybridized carbons (Fsp3) is 0.524. The molecule has 8 nitrogen and oxygen atoms in total. The van der Waals surface area contributed by atoms with Crippen molar-refractivity contribution in [2.24, 2.45) is 0 Å². The van der Waals surface area contributed by atoms with Crippen LogP contribution in [0.4, 0.5) is 4.79 Å². The van der Waals surface area contributed by atoms with Gasteiger partial charge in [0, 0.05) is 20.1 Å². The van der Waals surface area contributed by atoms with E-state index in [1.165, 1.54) is 11.9 Å². The SMILES string of the molecule is CCN(CC)C(=O)CN(C)C(=O)CN1C(=O)N[C@]2(CCCc3ccccc32)C1=O. The highest BCUT2D eigenvalue weighted by Gasteiger charge is 2.54. The number of carbonyl (C=O) groups excluding carboxylic acids is 4. The van der Waals surface area contributed by atoms with E-state index in [9.17, 15) is 19.2 Å². The lowest BCUT2D eigenvalue weighted by Gasteiger charge is -2.33. The molecule has 1 aliphatic heterocycles. The van der Waals surface area contributed by atoms with Gasteiger partial charge in [0.2, 0.25) is 11.8 Å². The van der Waals surface area contributed by atoms with Gasteiger partial charge >= 0.3 is 6.03 Å². The molecule has 3 rings (SSSR count). The van der Waals surface area contributed by atoms with E-state index in [0.29, 0.717) is 19.5 Å².